The molecule has 41 heavy (non-hydrogen) atoms. The van der Waals surface area contributed by atoms with E-state index in [1.807, 2.05) is 18.2 Å². The highest BCUT2D eigenvalue weighted by atomic mass is 16.5. The fourth-order valence-electron chi connectivity index (χ4n) is 7.36. The molecule has 1 saturated carbocycles. The third-order valence-corrected chi connectivity index (χ3v) is 9.57. The molecule has 0 aromatic heterocycles. The van der Waals surface area contributed by atoms with Crippen molar-refractivity contribution in [2.24, 2.45) is 5.41 Å². The number of fused-ring (bicyclic) bond motifs is 1. The van der Waals surface area contributed by atoms with Crippen LogP contribution in [0.15, 0.2) is 78.9 Å². The molecule has 7 rings (SSSR count). The second-order valence-corrected chi connectivity index (χ2v) is 12.1. The summed E-state index contributed by atoms with van der Waals surface area (Å²) < 4.78 is 6.40. The highest BCUT2D eigenvalue weighted by molar-refractivity contribution is 6.05. The van der Waals surface area contributed by atoms with Crippen LogP contribution in [-0.2, 0) is 16.1 Å². The Labute approximate surface area is 240 Å². The van der Waals surface area contributed by atoms with Crippen LogP contribution in [0.3, 0.4) is 0 Å². The largest absolute Gasteiger partial charge is 0.490 e. The Kier molecular flexibility index (Phi) is 6.62. The molecule has 3 aromatic carbocycles. The van der Waals surface area contributed by atoms with Crippen LogP contribution in [0.2, 0.25) is 0 Å². The van der Waals surface area contributed by atoms with E-state index in [1.165, 1.54) is 24.0 Å². The van der Waals surface area contributed by atoms with Crippen LogP contribution in [0, 0.1) is 5.41 Å². The molecule has 3 aliphatic heterocycles. The molecule has 3 aromatic rings. The molecule has 7 heteroatoms. The van der Waals surface area contributed by atoms with Gasteiger partial charge in [-0.15, -0.1) is 0 Å². The molecule has 4 aliphatic rings. The van der Waals surface area contributed by atoms with Crippen molar-refractivity contribution in [3.8, 4) is 5.75 Å². The molecule has 2 saturated heterocycles. The predicted molar refractivity (Wildman–Crippen MR) is 154 cm³/mol. The fraction of sp³-hybridized carbons (Fsp3) is 0.382. The van der Waals surface area contributed by atoms with Gasteiger partial charge in [0.25, 0.3) is 5.91 Å². The first kappa shape index (κ1) is 26.0. The van der Waals surface area contributed by atoms with Crippen molar-refractivity contribution in [3.63, 3.8) is 0 Å². The monoisotopic (exact) mass is 549 g/mol. The van der Waals surface area contributed by atoms with E-state index in [2.05, 4.69) is 70.9 Å². The number of ether oxygens (including phenoxy) is 1. The summed E-state index contributed by atoms with van der Waals surface area (Å²) in [6.07, 6.45) is 5.26. The zero-order chi connectivity index (χ0) is 28.0. The van der Waals surface area contributed by atoms with Gasteiger partial charge in [0, 0.05) is 18.5 Å². The summed E-state index contributed by atoms with van der Waals surface area (Å²) in [5.74, 6) is -0.0299. The van der Waals surface area contributed by atoms with Crippen LogP contribution in [0.25, 0.3) is 0 Å². The molecule has 0 radical (unpaired) electrons. The Bertz CT molecular complexity index is 1420. The molecule has 7 nitrogen and oxygen atoms in total. The maximum atomic E-state index is 13.0. The maximum Gasteiger partial charge on any atom is 0.255 e. The van der Waals surface area contributed by atoms with Crippen molar-refractivity contribution in [2.75, 3.05) is 13.1 Å². The highest BCUT2D eigenvalue weighted by Crippen LogP contribution is 2.51. The van der Waals surface area contributed by atoms with Gasteiger partial charge in [0.1, 0.15) is 11.8 Å². The first-order chi connectivity index (χ1) is 20.0. The third kappa shape index (κ3) is 4.93. The zero-order valence-corrected chi connectivity index (χ0v) is 23.1. The number of hydrogen-bond acceptors (Lipinski definition) is 5. The normalized spacial score (nSPS) is 22.5. The van der Waals surface area contributed by atoms with E-state index >= 15 is 0 Å². The van der Waals surface area contributed by atoms with E-state index in [1.54, 1.807) is 4.90 Å². The molecule has 1 aliphatic carbocycles. The number of nitrogens with zero attached hydrogens (tertiary/aromatic N) is 2. The molecule has 1 unspecified atom stereocenters. The van der Waals surface area contributed by atoms with Crippen LogP contribution in [0.4, 0.5) is 0 Å². The van der Waals surface area contributed by atoms with E-state index < -0.39 is 6.04 Å². The van der Waals surface area contributed by atoms with Gasteiger partial charge in [-0.3, -0.25) is 24.6 Å². The number of rotatable bonds is 6. The summed E-state index contributed by atoms with van der Waals surface area (Å²) in [4.78, 5) is 41.1. The lowest BCUT2D eigenvalue weighted by molar-refractivity contribution is -0.136. The number of amides is 3. The van der Waals surface area contributed by atoms with E-state index in [0.717, 1.165) is 37.2 Å². The predicted octanol–water partition coefficient (Wildman–Crippen LogP) is 4.86. The number of nitrogens with one attached hydrogen (secondary N) is 1. The molecule has 3 heterocycles. The van der Waals surface area contributed by atoms with Gasteiger partial charge in [-0.05, 0) is 85.5 Å². The average molecular weight is 550 g/mol. The maximum absolute atomic E-state index is 13.0. The number of carbonyl (C=O) groups excluding carboxylic acids is 3. The van der Waals surface area contributed by atoms with Crippen LogP contribution < -0.4 is 10.1 Å². The standard InChI is InChI=1S/C34H35N3O4/c38-30-14-13-29(32(39)35-30)37-22-25-19-26(11-12-28(25)33(37)40)41-27-20-34(21-27)15-17-36(18-16-34)31(23-7-3-1-4-8-23)24-9-5-2-6-10-24/h1-12,19,27,29,31H,13-18,20-22H2,(H,35,38,39). The van der Waals surface area contributed by atoms with Crippen LogP contribution in [0.1, 0.15) is 71.6 Å². The van der Waals surface area contributed by atoms with Crippen LogP contribution in [0.5, 0.6) is 5.75 Å². The number of imide groups is 1. The van der Waals surface area contributed by atoms with Crippen molar-refractivity contribution in [1.82, 2.24) is 15.1 Å². The van der Waals surface area contributed by atoms with Crippen molar-refractivity contribution in [2.45, 2.75) is 63.3 Å². The molecule has 1 spiro atoms. The van der Waals surface area contributed by atoms with Crippen LogP contribution in [-0.4, -0.2) is 52.8 Å². The van der Waals surface area contributed by atoms with Gasteiger partial charge in [-0.1, -0.05) is 60.7 Å². The summed E-state index contributed by atoms with van der Waals surface area (Å²) in [7, 11) is 0. The van der Waals surface area contributed by atoms with Gasteiger partial charge in [0.15, 0.2) is 0 Å². The number of hydrogen-bond donors (Lipinski definition) is 1. The summed E-state index contributed by atoms with van der Waals surface area (Å²) in [5, 5.41) is 2.36. The molecule has 1 N–H and O–H groups in total. The number of likely N-dealkylation sites (tertiary alicyclic amines) is 1. The molecular weight excluding hydrogens is 514 g/mol. The highest BCUT2D eigenvalue weighted by Gasteiger charge is 2.48. The quantitative estimate of drug-likeness (QED) is 0.445. The number of benzene rings is 3. The summed E-state index contributed by atoms with van der Waals surface area (Å²) in [6.45, 7) is 2.50. The molecule has 1 atom stereocenters. The Hall–Kier alpha value is -3.97. The number of piperidine rings is 2. The van der Waals surface area contributed by atoms with E-state index in [4.69, 9.17) is 4.74 Å². The number of carbonyl (C=O) groups is 3. The summed E-state index contributed by atoms with van der Waals surface area (Å²) in [6, 6.07) is 27.0. The van der Waals surface area contributed by atoms with Gasteiger partial charge in [-0.2, -0.15) is 0 Å². The zero-order valence-electron chi connectivity index (χ0n) is 23.1. The first-order valence-corrected chi connectivity index (χ1v) is 14.8. The summed E-state index contributed by atoms with van der Waals surface area (Å²) in [5.41, 5.74) is 4.53. The molecule has 0 bridgehead atoms. The Morgan fingerprint density at radius 3 is 2.15 bits per heavy atom. The second kappa shape index (κ2) is 10.5. The molecule has 210 valence electrons. The van der Waals surface area contributed by atoms with E-state index in [0.29, 0.717) is 23.9 Å². The lowest BCUT2D eigenvalue weighted by atomic mass is 9.61. The van der Waals surface area contributed by atoms with Gasteiger partial charge >= 0.3 is 0 Å². The minimum atomic E-state index is -0.599. The summed E-state index contributed by atoms with van der Waals surface area (Å²) >= 11 is 0. The van der Waals surface area contributed by atoms with Crippen LogP contribution >= 0.6 is 0 Å². The van der Waals surface area contributed by atoms with E-state index in [-0.39, 0.29) is 36.3 Å². The fourth-order valence-corrected chi connectivity index (χ4v) is 7.36. The lowest BCUT2D eigenvalue weighted by Gasteiger charge is -2.53. The third-order valence-electron chi connectivity index (χ3n) is 9.57. The first-order valence-electron chi connectivity index (χ1n) is 14.8. The second-order valence-electron chi connectivity index (χ2n) is 12.1. The molecule has 3 amide bonds. The van der Waals surface area contributed by atoms with Crippen molar-refractivity contribution >= 4 is 17.7 Å². The van der Waals surface area contributed by atoms with Crippen molar-refractivity contribution in [1.29, 1.82) is 0 Å². The van der Waals surface area contributed by atoms with Crippen molar-refractivity contribution < 1.29 is 19.1 Å². The van der Waals surface area contributed by atoms with Gasteiger partial charge < -0.3 is 9.64 Å². The van der Waals surface area contributed by atoms with Gasteiger partial charge in [-0.25, -0.2) is 0 Å². The van der Waals surface area contributed by atoms with Gasteiger partial charge in [0.2, 0.25) is 11.8 Å². The lowest BCUT2D eigenvalue weighted by Crippen LogP contribution is -2.52. The average Bonchev–Trinajstić information content (AvgIpc) is 3.29. The Morgan fingerprint density at radius 1 is 0.854 bits per heavy atom. The topological polar surface area (TPSA) is 79.0 Å². The van der Waals surface area contributed by atoms with Gasteiger partial charge in [0.05, 0.1) is 12.1 Å². The van der Waals surface area contributed by atoms with Crippen molar-refractivity contribution in [3.05, 3.63) is 101 Å². The SMILES string of the molecule is O=C1CCC(N2Cc3cc(OC4CC5(CCN(C(c6ccccc6)c6ccccc6)CC5)C4)ccc3C2=O)C(=O)N1. The Balaban J connectivity index is 0.964. The minimum absolute atomic E-state index is 0.153. The minimum Gasteiger partial charge on any atom is -0.490 e. The molecule has 3 fully saturated rings. The molecular formula is C34H35N3O4. The Morgan fingerprint density at radius 2 is 1.51 bits per heavy atom. The smallest absolute Gasteiger partial charge is 0.255 e. The van der Waals surface area contributed by atoms with E-state index in [9.17, 15) is 14.4 Å².